The molecule has 0 aliphatic carbocycles. The molecule has 1 aliphatic heterocycles. The van der Waals surface area contributed by atoms with Crippen LogP contribution in [-0.4, -0.2) is 70.8 Å². The molecule has 1 amide bonds. The number of rotatable bonds is 3. The zero-order valence-corrected chi connectivity index (χ0v) is 14.2. The number of halogens is 2. The van der Waals surface area contributed by atoms with Gasteiger partial charge in [0.15, 0.2) is 0 Å². The summed E-state index contributed by atoms with van der Waals surface area (Å²) in [5.74, 6) is -4.75. The van der Waals surface area contributed by atoms with Gasteiger partial charge in [-0.05, 0) is 13.0 Å². The molecule has 10 heteroatoms. The van der Waals surface area contributed by atoms with Crippen molar-refractivity contribution in [3.63, 3.8) is 0 Å². The minimum atomic E-state index is -1.82. The average Bonchev–Trinajstić information content (AvgIpc) is 2.58. The van der Waals surface area contributed by atoms with Gasteiger partial charge in [-0.1, -0.05) is 6.07 Å². The van der Waals surface area contributed by atoms with Crippen LogP contribution in [0.1, 0.15) is 12.5 Å². The molecule has 0 spiro atoms. The first-order chi connectivity index (χ1) is 12.2. The van der Waals surface area contributed by atoms with Gasteiger partial charge in [-0.2, -0.15) is 0 Å². The Morgan fingerprint density at radius 1 is 1.08 bits per heavy atom. The van der Waals surface area contributed by atoms with Crippen molar-refractivity contribution >= 4 is 18.0 Å². The third-order valence-corrected chi connectivity index (χ3v) is 3.49. The van der Waals surface area contributed by atoms with Gasteiger partial charge in [-0.3, -0.25) is 4.90 Å². The lowest BCUT2D eigenvalue weighted by Gasteiger charge is -2.34. The van der Waals surface area contributed by atoms with E-state index in [-0.39, 0.29) is 6.09 Å². The summed E-state index contributed by atoms with van der Waals surface area (Å²) in [5.41, 5.74) is 0.469. The summed E-state index contributed by atoms with van der Waals surface area (Å²) < 4.78 is 31.3. The van der Waals surface area contributed by atoms with Crippen molar-refractivity contribution in [2.24, 2.45) is 0 Å². The number of carbonyl (C=O) groups excluding carboxylic acids is 1. The van der Waals surface area contributed by atoms with Crippen LogP contribution in [0.25, 0.3) is 0 Å². The molecule has 0 aromatic heterocycles. The molecule has 144 valence electrons. The number of aliphatic carboxylic acids is 2. The monoisotopic (exact) mass is 374 g/mol. The van der Waals surface area contributed by atoms with Gasteiger partial charge in [0.25, 0.3) is 0 Å². The highest BCUT2D eigenvalue weighted by molar-refractivity contribution is 6.27. The zero-order valence-electron chi connectivity index (χ0n) is 14.2. The number of hydrogen-bond donors (Lipinski definition) is 2. The molecule has 1 heterocycles. The van der Waals surface area contributed by atoms with Crippen molar-refractivity contribution in [1.29, 1.82) is 0 Å². The van der Waals surface area contributed by atoms with Crippen LogP contribution in [0.5, 0.6) is 0 Å². The van der Waals surface area contributed by atoms with Crippen LogP contribution in [0, 0.1) is 11.6 Å². The fourth-order valence-corrected chi connectivity index (χ4v) is 2.19. The highest BCUT2D eigenvalue weighted by atomic mass is 19.1. The van der Waals surface area contributed by atoms with E-state index < -0.39 is 23.6 Å². The number of amides is 1. The van der Waals surface area contributed by atoms with E-state index in [1.165, 1.54) is 12.1 Å². The van der Waals surface area contributed by atoms with Crippen LogP contribution in [-0.2, 0) is 20.9 Å². The van der Waals surface area contributed by atoms with Crippen molar-refractivity contribution in [2.45, 2.75) is 13.5 Å². The largest absolute Gasteiger partial charge is 0.473 e. The number of benzene rings is 1. The van der Waals surface area contributed by atoms with Gasteiger partial charge in [0.1, 0.15) is 11.6 Å². The Labute approximate surface area is 148 Å². The van der Waals surface area contributed by atoms with E-state index in [4.69, 9.17) is 24.5 Å². The van der Waals surface area contributed by atoms with Crippen LogP contribution >= 0.6 is 0 Å². The number of piperazine rings is 1. The van der Waals surface area contributed by atoms with Gasteiger partial charge >= 0.3 is 18.0 Å². The number of hydrogen-bond acceptors (Lipinski definition) is 5. The van der Waals surface area contributed by atoms with E-state index >= 15 is 0 Å². The number of carboxylic acid groups (broad SMARTS) is 2. The van der Waals surface area contributed by atoms with E-state index in [0.29, 0.717) is 44.9 Å². The number of carbonyl (C=O) groups is 3. The van der Waals surface area contributed by atoms with Crippen molar-refractivity contribution in [2.75, 3.05) is 32.8 Å². The van der Waals surface area contributed by atoms with Gasteiger partial charge in [0, 0.05) is 44.4 Å². The smallest absolute Gasteiger partial charge is 0.414 e. The van der Waals surface area contributed by atoms with Gasteiger partial charge in [-0.25, -0.2) is 23.2 Å². The maximum Gasteiger partial charge on any atom is 0.414 e. The molecule has 1 aliphatic rings. The van der Waals surface area contributed by atoms with Gasteiger partial charge in [-0.15, -0.1) is 0 Å². The van der Waals surface area contributed by atoms with Crippen LogP contribution in [0.2, 0.25) is 0 Å². The number of carboxylic acids is 2. The van der Waals surface area contributed by atoms with Crippen LogP contribution < -0.4 is 0 Å². The second kappa shape index (κ2) is 10.3. The first kappa shape index (κ1) is 21.3. The third kappa shape index (κ3) is 7.01. The van der Waals surface area contributed by atoms with E-state index in [2.05, 4.69) is 0 Å². The molecule has 2 rings (SSSR count). The van der Waals surface area contributed by atoms with E-state index in [9.17, 15) is 13.6 Å². The minimum Gasteiger partial charge on any atom is -0.473 e. The lowest BCUT2D eigenvalue weighted by molar-refractivity contribution is -0.159. The maximum absolute atomic E-state index is 13.6. The lowest BCUT2D eigenvalue weighted by atomic mass is 10.2. The second-order valence-electron chi connectivity index (χ2n) is 5.31. The average molecular weight is 374 g/mol. The molecule has 0 unspecified atom stereocenters. The fraction of sp³-hybridized carbons (Fsp3) is 0.438. The van der Waals surface area contributed by atoms with Crippen molar-refractivity contribution in [3.05, 3.63) is 35.4 Å². The first-order valence-corrected chi connectivity index (χ1v) is 7.78. The van der Waals surface area contributed by atoms with Crippen LogP contribution in [0.4, 0.5) is 13.6 Å². The van der Waals surface area contributed by atoms with Gasteiger partial charge in [0.05, 0.1) is 6.61 Å². The minimum absolute atomic E-state index is 0.305. The Bertz CT molecular complexity index is 636. The maximum atomic E-state index is 13.6. The molecular formula is C16H20F2N2O6. The van der Waals surface area contributed by atoms with E-state index in [1.54, 1.807) is 11.8 Å². The molecule has 0 atom stereocenters. The summed E-state index contributed by atoms with van der Waals surface area (Å²) in [6.45, 7) is 4.96. The Kier molecular flexibility index (Phi) is 8.43. The summed E-state index contributed by atoms with van der Waals surface area (Å²) in [4.78, 5) is 33.4. The standard InChI is InChI=1S/C14H18F2N2O2.C2H2O4/c1-2-20-14(19)18-7-5-17(6-8-18)10-11-3-4-12(15)9-13(11)16;3-1(4)2(5)6/h3-4,9H,2,5-8,10H2,1H3;(H,3,4)(H,5,6). The second-order valence-corrected chi connectivity index (χ2v) is 5.31. The summed E-state index contributed by atoms with van der Waals surface area (Å²) in [7, 11) is 0. The van der Waals surface area contributed by atoms with Gasteiger partial charge < -0.3 is 19.8 Å². The quantitative estimate of drug-likeness (QED) is 0.770. The Hall–Kier alpha value is -2.75. The highest BCUT2D eigenvalue weighted by Gasteiger charge is 2.22. The highest BCUT2D eigenvalue weighted by Crippen LogP contribution is 2.14. The molecule has 1 aromatic rings. The molecule has 1 fully saturated rings. The van der Waals surface area contributed by atoms with E-state index in [1.807, 2.05) is 4.90 Å². The Morgan fingerprint density at radius 2 is 1.65 bits per heavy atom. The molecular weight excluding hydrogens is 354 g/mol. The fourth-order valence-electron chi connectivity index (χ4n) is 2.19. The summed E-state index contributed by atoms with van der Waals surface area (Å²) in [6.07, 6.45) is -0.305. The summed E-state index contributed by atoms with van der Waals surface area (Å²) in [6, 6.07) is 3.61. The van der Waals surface area contributed by atoms with Crippen LogP contribution in [0.3, 0.4) is 0 Å². The topological polar surface area (TPSA) is 107 Å². The summed E-state index contributed by atoms with van der Waals surface area (Å²) in [5, 5.41) is 14.8. The predicted molar refractivity (Wildman–Crippen MR) is 85.5 cm³/mol. The van der Waals surface area contributed by atoms with Crippen LogP contribution in [0.15, 0.2) is 18.2 Å². The van der Waals surface area contributed by atoms with Crippen molar-refractivity contribution in [1.82, 2.24) is 9.80 Å². The Morgan fingerprint density at radius 3 is 2.12 bits per heavy atom. The molecule has 8 nitrogen and oxygen atoms in total. The summed E-state index contributed by atoms with van der Waals surface area (Å²) >= 11 is 0. The molecule has 2 N–H and O–H groups in total. The normalized spacial score (nSPS) is 14.2. The molecule has 0 radical (unpaired) electrons. The zero-order chi connectivity index (χ0) is 19.7. The molecule has 0 saturated carbocycles. The molecule has 1 aromatic carbocycles. The SMILES string of the molecule is CCOC(=O)N1CCN(Cc2ccc(F)cc2F)CC1.O=C(O)C(=O)O. The third-order valence-electron chi connectivity index (χ3n) is 3.49. The van der Waals surface area contributed by atoms with Crippen molar-refractivity contribution in [3.8, 4) is 0 Å². The van der Waals surface area contributed by atoms with Crippen molar-refractivity contribution < 1.29 is 38.1 Å². The molecule has 0 bridgehead atoms. The predicted octanol–water partition coefficient (Wildman–Crippen LogP) is 1.39. The van der Waals surface area contributed by atoms with E-state index in [0.717, 1.165) is 6.07 Å². The van der Waals surface area contributed by atoms with Gasteiger partial charge in [0.2, 0.25) is 0 Å². The first-order valence-electron chi connectivity index (χ1n) is 7.78. The lowest BCUT2D eigenvalue weighted by Crippen LogP contribution is -2.48. The Balaban J connectivity index is 0.000000487. The molecule has 1 saturated heterocycles. The number of ether oxygens (including phenoxy) is 1. The molecule has 26 heavy (non-hydrogen) atoms. The number of nitrogens with zero attached hydrogens (tertiary/aromatic N) is 2.